The smallest absolute Gasteiger partial charge is 0.549 e. The van der Waals surface area contributed by atoms with Crippen molar-refractivity contribution in [2.75, 3.05) is 11.9 Å². The van der Waals surface area contributed by atoms with Crippen molar-refractivity contribution in [3.05, 3.63) is 40.4 Å². The van der Waals surface area contributed by atoms with Gasteiger partial charge in [-0.1, -0.05) is 27.7 Å². The van der Waals surface area contributed by atoms with E-state index < -0.39 is 5.97 Å². The molecule has 0 aliphatic heterocycles. The van der Waals surface area contributed by atoms with E-state index >= 15 is 0 Å². The number of nitrogens with zero attached hydrogens (tertiary/aromatic N) is 2. The summed E-state index contributed by atoms with van der Waals surface area (Å²) < 4.78 is 0. The van der Waals surface area contributed by atoms with Gasteiger partial charge in [-0.3, -0.25) is 0 Å². The molecule has 128 valence electrons. The number of carbonyl (C=O) groups is 1. The molecule has 2 aromatic rings. The molecule has 1 aliphatic carbocycles. The minimum absolute atomic E-state index is 0.113. The zero-order valence-corrected chi connectivity index (χ0v) is 15.8. The lowest BCUT2D eigenvalue weighted by molar-refractivity contribution is 0.0697. The maximum Gasteiger partial charge on any atom is 0.549 e. The Balaban J connectivity index is 1.98. The number of rotatable bonds is 3. The SMILES string of the molecule is CN(c1ccc(C(=O)[OH2+])cc1)c1nc2c(s1)C(C)(C)CCC2(C)C. The fourth-order valence-electron chi connectivity index (χ4n) is 3.17. The maximum atomic E-state index is 11.1. The van der Waals surface area contributed by atoms with E-state index in [1.807, 2.05) is 19.2 Å². The van der Waals surface area contributed by atoms with Gasteiger partial charge in [-0.05, 0) is 37.1 Å². The lowest BCUT2D eigenvalue weighted by atomic mass is 9.69. The Morgan fingerprint density at radius 2 is 1.71 bits per heavy atom. The van der Waals surface area contributed by atoms with Crippen molar-refractivity contribution >= 4 is 28.1 Å². The van der Waals surface area contributed by atoms with Gasteiger partial charge in [-0.2, -0.15) is 0 Å². The van der Waals surface area contributed by atoms with Crippen molar-refractivity contribution in [1.82, 2.24) is 4.98 Å². The van der Waals surface area contributed by atoms with Crippen LogP contribution in [0.25, 0.3) is 0 Å². The van der Waals surface area contributed by atoms with Gasteiger partial charge in [-0.25, -0.2) is 4.98 Å². The number of anilines is 2. The second kappa shape index (κ2) is 5.59. The van der Waals surface area contributed by atoms with E-state index in [1.165, 1.54) is 17.0 Å². The number of benzene rings is 1. The van der Waals surface area contributed by atoms with E-state index in [1.54, 1.807) is 23.5 Å². The Morgan fingerprint density at radius 1 is 1.12 bits per heavy atom. The highest BCUT2D eigenvalue weighted by atomic mass is 32.1. The minimum atomic E-state index is -0.655. The van der Waals surface area contributed by atoms with E-state index in [2.05, 4.69) is 32.6 Å². The minimum Gasteiger partial charge on any atom is -0.561 e. The summed E-state index contributed by atoms with van der Waals surface area (Å²) in [5.41, 5.74) is 2.89. The van der Waals surface area contributed by atoms with Crippen LogP contribution in [-0.4, -0.2) is 23.1 Å². The van der Waals surface area contributed by atoms with Gasteiger partial charge < -0.3 is 10.0 Å². The standard InChI is InChI=1S/C19H24N2O2S/c1-18(2)10-11-19(3,4)15-14(18)20-17(24-15)21(5)13-8-6-12(7-9-13)16(22)23/h6-9H,10-11H2,1-5H3,(H,22,23)/p+1. The summed E-state index contributed by atoms with van der Waals surface area (Å²) in [7, 11) is 2.00. The molecule has 0 atom stereocenters. The van der Waals surface area contributed by atoms with Crippen LogP contribution in [0.15, 0.2) is 24.3 Å². The van der Waals surface area contributed by atoms with Gasteiger partial charge in [0.1, 0.15) is 5.56 Å². The molecule has 1 aromatic carbocycles. The molecule has 4 nitrogen and oxygen atoms in total. The summed E-state index contributed by atoms with van der Waals surface area (Å²) in [6.07, 6.45) is 2.33. The molecule has 0 fully saturated rings. The highest BCUT2D eigenvalue weighted by molar-refractivity contribution is 7.16. The lowest BCUT2D eigenvalue weighted by Crippen LogP contribution is -2.32. The molecule has 0 radical (unpaired) electrons. The maximum absolute atomic E-state index is 11.1. The molecule has 5 heteroatoms. The first-order valence-electron chi connectivity index (χ1n) is 8.23. The van der Waals surface area contributed by atoms with E-state index in [9.17, 15) is 4.79 Å². The molecule has 1 aromatic heterocycles. The van der Waals surface area contributed by atoms with Crippen LogP contribution in [0, 0.1) is 0 Å². The second-order valence-electron chi connectivity index (χ2n) is 7.88. The molecule has 0 saturated carbocycles. The first-order chi connectivity index (χ1) is 11.1. The summed E-state index contributed by atoms with van der Waals surface area (Å²) in [6.45, 7) is 9.16. The average molecular weight is 345 g/mol. The summed E-state index contributed by atoms with van der Waals surface area (Å²) in [6, 6.07) is 7.14. The zero-order valence-electron chi connectivity index (χ0n) is 14.9. The quantitative estimate of drug-likeness (QED) is 0.786. The zero-order chi connectivity index (χ0) is 17.7. The van der Waals surface area contributed by atoms with Gasteiger partial charge in [0.25, 0.3) is 0 Å². The molecular formula is C19H25N2O2S+. The third kappa shape index (κ3) is 2.81. The summed E-state index contributed by atoms with van der Waals surface area (Å²) in [5, 5.41) is 8.15. The predicted molar refractivity (Wildman–Crippen MR) is 99.8 cm³/mol. The fourth-order valence-corrected chi connectivity index (χ4v) is 4.53. The lowest BCUT2D eigenvalue weighted by Gasteiger charge is -2.37. The van der Waals surface area contributed by atoms with Crippen LogP contribution in [0.4, 0.5) is 10.8 Å². The Kier molecular flexibility index (Phi) is 3.95. The van der Waals surface area contributed by atoms with Crippen molar-refractivity contribution in [2.45, 2.75) is 51.4 Å². The first kappa shape index (κ1) is 17.0. The predicted octanol–water partition coefficient (Wildman–Crippen LogP) is 4.12. The molecule has 1 aliphatic rings. The molecule has 3 rings (SSSR count). The van der Waals surface area contributed by atoms with Crippen molar-refractivity contribution in [2.24, 2.45) is 0 Å². The molecule has 24 heavy (non-hydrogen) atoms. The fraction of sp³-hybridized carbons (Fsp3) is 0.474. The van der Waals surface area contributed by atoms with Gasteiger partial charge in [0, 0.05) is 33.2 Å². The molecular weight excluding hydrogens is 320 g/mol. The molecule has 0 spiro atoms. The monoisotopic (exact) mass is 345 g/mol. The number of carbonyl (C=O) groups excluding carboxylic acids is 1. The number of thiazole rings is 1. The highest BCUT2D eigenvalue weighted by Crippen LogP contribution is 2.49. The summed E-state index contributed by atoms with van der Waals surface area (Å²) in [4.78, 5) is 19.5. The molecule has 1 heterocycles. The number of fused-ring (bicyclic) bond motifs is 1. The van der Waals surface area contributed by atoms with E-state index in [0.29, 0.717) is 5.56 Å². The van der Waals surface area contributed by atoms with E-state index in [0.717, 1.165) is 17.2 Å². The second-order valence-corrected chi connectivity index (χ2v) is 8.85. The summed E-state index contributed by atoms with van der Waals surface area (Å²) in [5.74, 6) is -0.655. The topological polar surface area (TPSA) is 56.1 Å². The van der Waals surface area contributed by atoms with Crippen molar-refractivity contribution in [3.8, 4) is 0 Å². The van der Waals surface area contributed by atoms with Crippen LogP contribution < -0.4 is 4.90 Å². The first-order valence-corrected chi connectivity index (χ1v) is 9.05. The summed E-state index contributed by atoms with van der Waals surface area (Å²) >= 11 is 1.77. The van der Waals surface area contributed by atoms with Crippen LogP contribution in [0.5, 0.6) is 0 Å². The molecule has 0 bridgehead atoms. The molecule has 0 unspecified atom stereocenters. The van der Waals surface area contributed by atoms with Crippen LogP contribution >= 0.6 is 11.3 Å². The van der Waals surface area contributed by atoms with Crippen LogP contribution in [0.2, 0.25) is 0 Å². The Bertz CT molecular complexity index is 742. The van der Waals surface area contributed by atoms with Gasteiger partial charge >= 0.3 is 5.97 Å². The van der Waals surface area contributed by atoms with Gasteiger partial charge in [0.2, 0.25) is 0 Å². The Morgan fingerprint density at radius 3 is 2.25 bits per heavy atom. The number of aromatic nitrogens is 1. The van der Waals surface area contributed by atoms with Crippen molar-refractivity contribution in [3.63, 3.8) is 0 Å². The van der Waals surface area contributed by atoms with E-state index in [4.69, 9.17) is 10.1 Å². The normalized spacial score (nSPS) is 18.0. The molecule has 0 saturated heterocycles. The third-order valence-corrected chi connectivity index (χ3v) is 6.55. The largest absolute Gasteiger partial charge is 0.561 e. The number of hydrogen-bond donors (Lipinski definition) is 0. The van der Waals surface area contributed by atoms with Gasteiger partial charge in [-0.15, -0.1) is 11.3 Å². The van der Waals surface area contributed by atoms with Crippen LogP contribution in [0.3, 0.4) is 0 Å². The van der Waals surface area contributed by atoms with Crippen molar-refractivity contribution < 1.29 is 9.90 Å². The van der Waals surface area contributed by atoms with Crippen molar-refractivity contribution in [1.29, 1.82) is 0 Å². The van der Waals surface area contributed by atoms with Crippen LogP contribution in [0.1, 0.15) is 61.5 Å². The van der Waals surface area contributed by atoms with Crippen LogP contribution in [-0.2, 0) is 10.8 Å². The third-order valence-electron chi connectivity index (χ3n) is 5.05. The highest BCUT2D eigenvalue weighted by Gasteiger charge is 2.40. The van der Waals surface area contributed by atoms with Gasteiger partial charge in [0.15, 0.2) is 5.13 Å². The van der Waals surface area contributed by atoms with Gasteiger partial charge in [0.05, 0.1) is 5.69 Å². The Labute approximate surface area is 147 Å². The average Bonchev–Trinajstić information content (AvgIpc) is 2.99. The molecule has 2 N–H and O–H groups in total. The van der Waals surface area contributed by atoms with E-state index in [-0.39, 0.29) is 10.8 Å². The Hall–Kier alpha value is -1.88. The molecule has 0 amide bonds. The number of hydrogen-bond acceptors (Lipinski definition) is 4.